The number of halogens is 1. The normalized spacial score (nSPS) is 10.5. The van der Waals surface area contributed by atoms with Gasteiger partial charge in [0.2, 0.25) is 5.95 Å². The molecule has 21 heavy (non-hydrogen) atoms. The topological polar surface area (TPSA) is 41.1 Å². The molecule has 0 aliphatic heterocycles. The van der Waals surface area contributed by atoms with Gasteiger partial charge in [0.05, 0.1) is 0 Å². The Hall–Kier alpha value is -2.17. The number of hydrogen-bond acceptors (Lipinski definition) is 4. The molecule has 0 aliphatic rings. The van der Waals surface area contributed by atoms with Gasteiger partial charge >= 0.3 is 0 Å². The third-order valence-electron chi connectivity index (χ3n) is 3.21. The standard InChI is InChI=1S/C16H21FN4/c1-4-9-18-16-19-10-12(2)15(20-16)21(3)11-13-7-5-6-8-14(13)17/h5-8,10H,4,9,11H2,1-3H3,(H,18,19,20). The lowest BCUT2D eigenvalue weighted by Crippen LogP contribution is -2.20. The van der Waals surface area contributed by atoms with Crippen LogP contribution >= 0.6 is 0 Å². The fourth-order valence-corrected chi connectivity index (χ4v) is 2.10. The second-order valence-corrected chi connectivity index (χ2v) is 5.07. The molecule has 112 valence electrons. The fourth-order valence-electron chi connectivity index (χ4n) is 2.10. The van der Waals surface area contributed by atoms with E-state index in [-0.39, 0.29) is 5.82 Å². The Kier molecular flexibility index (Phi) is 5.09. The van der Waals surface area contributed by atoms with E-state index in [9.17, 15) is 4.39 Å². The van der Waals surface area contributed by atoms with Crippen molar-refractivity contribution in [1.29, 1.82) is 0 Å². The molecule has 0 fully saturated rings. The van der Waals surface area contributed by atoms with Crippen LogP contribution in [0.4, 0.5) is 16.2 Å². The summed E-state index contributed by atoms with van der Waals surface area (Å²) in [7, 11) is 1.91. The summed E-state index contributed by atoms with van der Waals surface area (Å²) in [6.45, 7) is 5.35. The van der Waals surface area contributed by atoms with E-state index in [2.05, 4.69) is 22.2 Å². The first-order chi connectivity index (χ1) is 10.1. The average molecular weight is 288 g/mol. The zero-order chi connectivity index (χ0) is 15.2. The van der Waals surface area contributed by atoms with E-state index in [4.69, 9.17) is 0 Å². The average Bonchev–Trinajstić information content (AvgIpc) is 2.48. The Balaban J connectivity index is 2.18. The number of nitrogens with one attached hydrogen (secondary N) is 1. The monoisotopic (exact) mass is 288 g/mol. The number of rotatable bonds is 6. The molecule has 0 atom stereocenters. The molecule has 0 radical (unpaired) electrons. The molecule has 0 spiro atoms. The number of anilines is 2. The summed E-state index contributed by atoms with van der Waals surface area (Å²) in [5.41, 5.74) is 1.62. The Morgan fingerprint density at radius 2 is 2.05 bits per heavy atom. The van der Waals surface area contributed by atoms with Crippen molar-refractivity contribution < 1.29 is 4.39 Å². The Bertz CT molecular complexity index is 601. The number of hydrogen-bond donors (Lipinski definition) is 1. The van der Waals surface area contributed by atoms with Gasteiger partial charge in [0.25, 0.3) is 0 Å². The van der Waals surface area contributed by atoms with E-state index < -0.39 is 0 Å². The van der Waals surface area contributed by atoms with Crippen molar-refractivity contribution in [2.24, 2.45) is 0 Å². The molecule has 4 nitrogen and oxygen atoms in total. The Labute approximate surface area is 125 Å². The molecule has 0 unspecified atom stereocenters. The van der Waals surface area contributed by atoms with Crippen LogP contribution in [0.2, 0.25) is 0 Å². The van der Waals surface area contributed by atoms with Gasteiger partial charge in [-0.3, -0.25) is 0 Å². The molecule has 0 saturated carbocycles. The van der Waals surface area contributed by atoms with Gasteiger partial charge in [0.1, 0.15) is 11.6 Å². The Morgan fingerprint density at radius 3 is 2.76 bits per heavy atom. The maximum Gasteiger partial charge on any atom is 0.224 e. The third kappa shape index (κ3) is 3.90. The molecule has 1 N–H and O–H groups in total. The van der Waals surface area contributed by atoms with Crippen molar-refractivity contribution in [3.05, 3.63) is 47.4 Å². The third-order valence-corrected chi connectivity index (χ3v) is 3.21. The molecule has 5 heteroatoms. The van der Waals surface area contributed by atoms with Crippen molar-refractivity contribution in [1.82, 2.24) is 9.97 Å². The SMILES string of the molecule is CCCNc1ncc(C)c(N(C)Cc2ccccc2F)n1. The van der Waals surface area contributed by atoms with Crippen LogP contribution in [0.25, 0.3) is 0 Å². The van der Waals surface area contributed by atoms with Crippen molar-refractivity contribution in [2.75, 3.05) is 23.8 Å². The van der Waals surface area contributed by atoms with Crippen LogP contribution in [-0.4, -0.2) is 23.6 Å². The van der Waals surface area contributed by atoms with Crippen LogP contribution in [0, 0.1) is 12.7 Å². The second kappa shape index (κ2) is 7.02. The lowest BCUT2D eigenvalue weighted by atomic mass is 10.2. The zero-order valence-electron chi connectivity index (χ0n) is 12.7. The highest BCUT2D eigenvalue weighted by Crippen LogP contribution is 2.19. The lowest BCUT2D eigenvalue weighted by molar-refractivity contribution is 0.607. The molecular weight excluding hydrogens is 267 g/mol. The minimum absolute atomic E-state index is 0.194. The van der Waals surface area contributed by atoms with Gasteiger partial charge in [-0.15, -0.1) is 0 Å². The van der Waals surface area contributed by atoms with Crippen LogP contribution in [0.5, 0.6) is 0 Å². The summed E-state index contributed by atoms with van der Waals surface area (Å²) in [5, 5.41) is 3.17. The van der Waals surface area contributed by atoms with E-state index >= 15 is 0 Å². The first-order valence-electron chi connectivity index (χ1n) is 7.14. The summed E-state index contributed by atoms with van der Waals surface area (Å²) < 4.78 is 13.7. The maximum atomic E-state index is 13.7. The lowest BCUT2D eigenvalue weighted by Gasteiger charge is -2.21. The highest BCUT2D eigenvalue weighted by Gasteiger charge is 2.11. The van der Waals surface area contributed by atoms with Crippen molar-refractivity contribution in [2.45, 2.75) is 26.8 Å². The van der Waals surface area contributed by atoms with Gasteiger partial charge in [-0.05, 0) is 19.4 Å². The molecule has 1 heterocycles. The van der Waals surface area contributed by atoms with Gasteiger partial charge in [0.15, 0.2) is 0 Å². The van der Waals surface area contributed by atoms with Gasteiger partial charge in [0, 0.05) is 37.5 Å². The van der Waals surface area contributed by atoms with Crippen LogP contribution in [0.3, 0.4) is 0 Å². The number of aryl methyl sites for hydroxylation is 1. The minimum Gasteiger partial charge on any atom is -0.355 e. The number of benzene rings is 1. The molecule has 0 amide bonds. The molecule has 0 aliphatic carbocycles. The van der Waals surface area contributed by atoms with Crippen molar-refractivity contribution in [3.63, 3.8) is 0 Å². The smallest absolute Gasteiger partial charge is 0.224 e. The molecule has 2 aromatic rings. The molecule has 0 bridgehead atoms. The van der Waals surface area contributed by atoms with E-state index in [1.807, 2.05) is 24.9 Å². The van der Waals surface area contributed by atoms with Crippen molar-refractivity contribution in [3.8, 4) is 0 Å². The maximum absolute atomic E-state index is 13.7. The van der Waals surface area contributed by atoms with E-state index in [1.54, 1.807) is 18.3 Å². The zero-order valence-corrected chi connectivity index (χ0v) is 12.7. The van der Waals surface area contributed by atoms with Crippen LogP contribution in [0.15, 0.2) is 30.5 Å². The predicted octanol–water partition coefficient (Wildman–Crippen LogP) is 3.38. The highest BCUT2D eigenvalue weighted by molar-refractivity contribution is 5.48. The van der Waals surface area contributed by atoms with Gasteiger partial charge < -0.3 is 10.2 Å². The van der Waals surface area contributed by atoms with Crippen LogP contribution < -0.4 is 10.2 Å². The molecule has 1 aromatic heterocycles. The molecule has 2 rings (SSSR count). The Morgan fingerprint density at radius 1 is 1.29 bits per heavy atom. The fraction of sp³-hybridized carbons (Fsp3) is 0.375. The van der Waals surface area contributed by atoms with Crippen molar-refractivity contribution >= 4 is 11.8 Å². The minimum atomic E-state index is -0.194. The van der Waals surface area contributed by atoms with Crippen LogP contribution in [-0.2, 0) is 6.54 Å². The number of aromatic nitrogens is 2. The first-order valence-corrected chi connectivity index (χ1v) is 7.14. The van der Waals surface area contributed by atoms with Gasteiger partial charge in [-0.1, -0.05) is 25.1 Å². The number of nitrogens with zero attached hydrogens (tertiary/aromatic N) is 3. The quantitative estimate of drug-likeness (QED) is 0.884. The summed E-state index contributed by atoms with van der Waals surface area (Å²) in [6, 6.07) is 6.80. The van der Waals surface area contributed by atoms with Gasteiger partial charge in [-0.25, -0.2) is 9.37 Å². The molecule has 1 aromatic carbocycles. The van der Waals surface area contributed by atoms with E-state index in [0.717, 1.165) is 24.3 Å². The first kappa shape index (κ1) is 15.2. The summed E-state index contributed by atoms with van der Waals surface area (Å²) >= 11 is 0. The largest absolute Gasteiger partial charge is 0.355 e. The summed E-state index contributed by atoms with van der Waals surface area (Å²) in [4.78, 5) is 10.7. The van der Waals surface area contributed by atoms with E-state index in [1.165, 1.54) is 6.07 Å². The predicted molar refractivity (Wildman–Crippen MR) is 84.1 cm³/mol. The summed E-state index contributed by atoms with van der Waals surface area (Å²) in [6.07, 6.45) is 2.80. The van der Waals surface area contributed by atoms with E-state index in [0.29, 0.717) is 18.1 Å². The molecule has 0 saturated heterocycles. The summed E-state index contributed by atoms with van der Waals surface area (Å²) in [5.74, 6) is 1.23. The van der Waals surface area contributed by atoms with Crippen LogP contribution in [0.1, 0.15) is 24.5 Å². The molecular formula is C16H21FN4. The second-order valence-electron chi connectivity index (χ2n) is 5.07. The van der Waals surface area contributed by atoms with Gasteiger partial charge in [-0.2, -0.15) is 4.98 Å². The highest BCUT2D eigenvalue weighted by atomic mass is 19.1.